The minimum atomic E-state index is -1.15. The van der Waals surface area contributed by atoms with E-state index in [-0.39, 0.29) is 18.7 Å². The van der Waals surface area contributed by atoms with Gasteiger partial charge in [0.25, 0.3) is 0 Å². The number of amides is 2. The van der Waals surface area contributed by atoms with Crippen molar-refractivity contribution in [1.82, 2.24) is 10.6 Å². The summed E-state index contributed by atoms with van der Waals surface area (Å²) < 4.78 is 9.70. The first-order valence-electron chi connectivity index (χ1n) is 7.02. The Morgan fingerprint density at radius 1 is 1.36 bits per heavy atom. The lowest BCUT2D eigenvalue weighted by Gasteiger charge is -2.22. The summed E-state index contributed by atoms with van der Waals surface area (Å²) in [6.07, 6.45) is 0.272. The van der Waals surface area contributed by atoms with E-state index in [1.807, 2.05) is 0 Å². The number of carbonyl (C=O) groups is 4. The van der Waals surface area contributed by atoms with Gasteiger partial charge in [-0.05, 0) is 27.2 Å². The van der Waals surface area contributed by atoms with E-state index in [0.29, 0.717) is 6.42 Å². The summed E-state index contributed by atoms with van der Waals surface area (Å²) in [6, 6.07) is -1.84. The van der Waals surface area contributed by atoms with E-state index in [0.717, 1.165) is 7.11 Å². The van der Waals surface area contributed by atoms with Crippen molar-refractivity contribution in [3.05, 3.63) is 0 Å². The van der Waals surface area contributed by atoms with Gasteiger partial charge in [0.1, 0.15) is 17.7 Å². The molecule has 0 saturated carbocycles. The molecule has 1 aliphatic heterocycles. The molecule has 0 aromatic rings. The average molecular weight is 314 g/mol. The summed E-state index contributed by atoms with van der Waals surface area (Å²) in [7, 11) is 1.16. The Kier molecular flexibility index (Phi) is 5.90. The van der Waals surface area contributed by atoms with Gasteiger partial charge in [0.05, 0.1) is 13.5 Å². The van der Waals surface area contributed by atoms with Crippen LogP contribution >= 0.6 is 0 Å². The van der Waals surface area contributed by atoms with Gasteiger partial charge in [-0.2, -0.15) is 0 Å². The fraction of sp³-hybridized carbons (Fsp3) is 0.714. The summed E-state index contributed by atoms with van der Waals surface area (Å²) in [5.41, 5.74) is -0.693. The Labute approximate surface area is 128 Å². The highest BCUT2D eigenvalue weighted by molar-refractivity contribution is 5.94. The topological polar surface area (TPSA) is 111 Å². The fourth-order valence-electron chi connectivity index (χ4n) is 1.97. The van der Waals surface area contributed by atoms with Gasteiger partial charge in [0, 0.05) is 6.42 Å². The molecule has 0 aliphatic carbocycles. The molecule has 0 aromatic heterocycles. The molecule has 2 N–H and O–H groups in total. The maximum Gasteiger partial charge on any atom is 0.328 e. The molecule has 0 aromatic carbocycles. The summed E-state index contributed by atoms with van der Waals surface area (Å²) in [6.45, 7) is 5.10. The molecule has 1 saturated heterocycles. The predicted molar refractivity (Wildman–Crippen MR) is 75.6 cm³/mol. The van der Waals surface area contributed by atoms with E-state index < -0.39 is 35.5 Å². The molecular weight excluding hydrogens is 292 g/mol. The maximum atomic E-state index is 12.0. The van der Waals surface area contributed by atoms with Gasteiger partial charge in [0.15, 0.2) is 0 Å². The van der Waals surface area contributed by atoms with Crippen molar-refractivity contribution in [1.29, 1.82) is 0 Å². The quantitative estimate of drug-likeness (QED) is 0.671. The second-order valence-corrected chi connectivity index (χ2v) is 6.03. The first-order chi connectivity index (χ1) is 10.1. The monoisotopic (exact) mass is 314 g/mol. The van der Waals surface area contributed by atoms with Crippen LogP contribution in [0.1, 0.15) is 40.0 Å². The standard InChI is InChI=1S/C14H22N2O6/c1-14(2,3)22-11(18)7-9(13(20)21-4)16-12(19)8-5-6-10(17)15-8/h8-9H,5-7H2,1-4H3,(H,15,17)(H,16,19)/t8-,9-/m0/s1. The molecule has 8 nitrogen and oxygen atoms in total. The molecule has 8 heteroatoms. The predicted octanol–water partition coefficient (Wildman–Crippen LogP) is -0.345. The van der Waals surface area contributed by atoms with Crippen molar-refractivity contribution < 1.29 is 28.7 Å². The van der Waals surface area contributed by atoms with Gasteiger partial charge in [-0.3, -0.25) is 14.4 Å². The minimum Gasteiger partial charge on any atom is -0.467 e. The summed E-state index contributed by atoms with van der Waals surface area (Å²) >= 11 is 0. The molecule has 0 spiro atoms. The number of ether oxygens (including phenoxy) is 2. The maximum absolute atomic E-state index is 12.0. The third kappa shape index (κ3) is 5.71. The largest absolute Gasteiger partial charge is 0.467 e. The van der Waals surface area contributed by atoms with E-state index in [2.05, 4.69) is 15.4 Å². The summed E-state index contributed by atoms with van der Waals surface area (Å²) in [4.78, 5) is 46.6. The van der Waals surface area contributed by atoms with Crippen molar-refractivity contribution in [3.8, 4) is 0 Å². The van der Waals surface area contributed by atoms with Crippen molar-refractivity contribution >= 4 is 23.8 Å². The van der Waals surface area contributed by atoms with Gasteiger partial charge in [-0.25, -0.2) is 4.79 Å². The van der Waals surface area contributed by atoms with Crippen LogP contribution < -0.4 is 10.6 Å². The van der Waals surface area contributed by atoms with Crippen molar-refractivity contribution in [3.63, 3.8) is 0 Å². The first-order valence-corrected chi connectivity index (χ1v) is 7.02. The molecule has 0 unspecified atom stereocenters. The molecule has 1 fully saturated rings. The molecule has 124 valence electrons. The molecule has 0 radical (unpaired) electrons. The van der Waals surface area contributed by atoms with Crippen molar-refractivity contribution in [2.45, 2.75) is 57.7 Å². The van der Waals surface area contributed by atoms with Gasteiger partial charge < -0.3 is 20.1 Å². The highest BCUT2D eigenvalue weighted by Crippen LogP contribution is 2.11. The number of methoxy groups -OCH3 is 1. The van der Waals surface area contributed by atoms with E-state index in [9.17, 15) is 19.2 Å². The van der Waals surface area contributed by atoms with Crippen LogP contribution in [0.5, 0.6) is 0 Å². The lowest BCUT2D eigenvalue weighted by atomic mass is 10.1. The van der Waals surface area contributed by atoms with Crippen LogP contribution in [0.4, 0.5) is 0 Å². The second-order valence-electron chi connectivity index (χ2n) is 6.03. The van der Waals surface area contributed by atoms with Crippen LogP contribution in [-0.4, -0.2) is 48.5 Å². The van der Waals surface area contributed by atoms with Gasteiger partial charge in [0.2, 0.25) is 11.8 Å². The normalized spacial score (nSPS) is 19.1. The van der Waals surface area contributed by atoms with E-state index in [4.69, 9.17) is 4.74 Å². The Bertz CT molecular complexity index is 468. The molecular formula is C14H22N2O6. The van der Waals surface area contributed by atoms with Crippen LogP contribution in [0.15, 0.2) is 0 Å². The number of esters is 2. The fourth-order valence-corrected chi connectivity index (χ4v) is 1.97. The van der Waals surface area contributed by atoms with Crippen molar-refractivity contribution in [2.24, 2.45) is 0 Å². The Balaban J connectivity index is 2.64. The zero-order chi connectivity index (χ0) is 16.9. The van der Waals surface area contributed by atoms with Gasteiger partial charge in [-0.1, -0.05) is 0 Å². The number of hydrogen-bond donors (Lipinski definition) is 2. The SMILES string of the molecule is COC(=O)[C@H](CC(=O)OC(C)(C)C)NC(=O)[C@@H]1CCC(=O)N1. The zero-order valence-corrected chi connectivity index (χ0v) is 13.2. The minimum absolute atomic E-state index is 0.220. The van der Waals surface area contributed by atoms with Crippen LogP contribution in [-0.2, 0) is 28.7 Å². The smallest absolute Gasteiger partial charge is 0.328 e. The number of carbonyl (C=O) groups excluding carboxylic acids is 4. The molecule has 1 heterocycles. The third-order valence-electron chi connectivity index (χ3n) is 2.90. The van der Waals surface area contributed by atoms with E-state index >= 15 is 0 Å². The van der Waals surface area contributed by atoms with Crippen LogP contribution in [0.2, 0.25) is 0 Å². The van der Waals surface area contributed by atoms with E-state index in [1.54, 1.807) is 20.8 Å². The summed E-state index contributed by atoms with van der Waals surface area (Å²) in [5, 5.41) is 4.91. The lowest BCUT2D eigenvalue weighted by Crippen LogP contribution is -2.50. The Morgan fingerprint density at radius 2 is 2.00 bits per heavy atom. The summed E-state index contributed by atoms with van der Waals surface area (Å²) in [5.74, 6) is -2.12. The average Bonchev–Trinajstić information content (AvgIpc) is 2.81. The highest BCUT2D eigenvalue weighted by atomic mass is 16.6. The van der Waals surface area contributed by atoms with Crippen molar-refractivity contribution in [2.75, 3.05) is 7.11 Å². The third-order valence-corrected chi connectivity index (χ3v) is 2.90. The molecule has 2 atom stereocenters. The molecule has 1 aliphatic rings. The molecule has 2 amide bonds. The molecule has 22 heavy (non-hydrogen) atoms. The Morgan fingerprint density at radius 3 is 2.45 bits per heavy atom. The van der Waals surface area contributed by atoms with Gasteiger partial charge >= 0.3 is 11.9 Å². The lowest BCUT2D eigenvalue weighted by molar-refractivity contribution is -0.159. The van der Waals surface area contributed by atoms with Crippen LogP contribution in [0.25, 0.3) is 0 Å². The number of nitrogens with one attached hydrogen (secondary N) is 2. The zero-order valence-electron chi connectivity index (χ0n) is 13.2. The van der Waals surface area contributed by atoms with Gasteiger partial charge in [-0.15, -0.1) is 0 Å². The van der Waals surface area contributed by atoms with E-state index in [1.165, 1.54) is 0 Å². The molecule has 0 bridgehead atoms. The number of rotatable bonds is 5. The number of hydrogen-bond acceptors (Lipinski definition) is 6. The van der Waals surface area contributed by atoms with Crippen LogP contribution in [0.3, 0.4) is 0 Å². The first kappa shape index (κ1) is 17.9. The van der Waals surface area contributed by atoms with Crippen LogP contribution in [0, 0.1) is 0 Å². The highest BCUT2D eigenvalue weighted by Gasteiger charge is 2.32. The Hall–Kier alpha value is -2.12. The second kappa shape index (κ2) is 7.24. The molecule has 1 rings (SSSR count).